The summed E-state index contributed by atoms with van der Waals surface area (Å²) in [6.45, 7) is 6.15. The van der Waals surface area contributed by atoms with Gasteiger partial charge in [0.15, 0.2) is 0 Å². The highest BCUT2D eigenvalue weighted by Gasteiger charge is 2.05. The molecule has 0 aromatic carbocycles. The molecular formula is C10H17N. The molecule has 0 N–H and O–H groups in total. The molecule has 0 aliphatic rings. The maximum absolute atomic E-state index is 9.46. The Bertz CT molecular complexity index is 145. The van der Waals surface area contributed by atoms with Crippen molar-refractivity contribution >= 4 is 5.71 Å². The van der Waals surface area contributed by atoms with Crippen LogP contribution in [0, 0.1) is 6.08 Å². The van der Waals surface area contributed by atoms with Crippen molar-refractivity contribution in [2.45, 2.75) is 46.5 Å². The first kappa shape index (κ1) is 10.3. The highest BCUT2D eigenvalue weighted by molar-refractivity contribution is 6.01. The molecule has 0 atom stereocenters. The van der Waals surface area contributed by atoms with Crippen LogP contribution in [-0.2, 0) is 0 Å². The van der Waals surface area contributed by atoms with E-state index >= 15 is 0 Å². The van der Waals surface area contributed by atoms with Crippen molar-refractivity contribution in [3.8, 4) is 0 Å². The predicted molar refractivity (Wildman–Crippen MR) is 50.6 cm³/mol. The molecule has 1 heteroatoms. The smallest absolute Gasteiger partial charge is 0.149 e. The third-order valence-corrected chi connectivity index (χ3v) is 1.58. The average Bonchev–Trinajstić information content (AvgIpc) is 2.00. The van der Waals surface area contributed by atoms with Crippen molar-refractivity contribution in [1.82, 2.24) is 0 Å². The third kappa shape index (κ3) is 3.90. The van der Waals surface area contributed by atoms with Gasteiger partial charge in [0.1, 0.15) is 5.57 Å². The number of allylic oxidation sites excluding steroid dienone is 2. The lowest BCUT2D eigenvalue weighted by molar-refractivity contribution is 0.982. The Labute approximate surface area is 70.0 Å². The largest absolute Gasteiger partial charge is 0.700 e. The zero-order valence-corrected chi connectivity index (χ0v) is 7.78. The molecule has 62 valence electrons. The molecule has 1 nitrogen and oxygen atoms in total. The molecule has 0 unspecified atom stereocenters. The third-order valence-electron chi connectivity index (χ3n) is 1.58. The van der Waals surface area contributed by atoms with E-state index in [9.17, 15) is 5.41 Å². The van der Waals surface area contributed by atoms with E-state index in [0.29, 0.717) is 5.71 Å². The van der Waals surface area contributed by atoms with Crippen LogP contribution >= 0.6 is 0 Å². The van der Waals surface area contributed by atoms with Crippen LogP contribution in [0.4, 0.5) is 0 Å². The first-order valence-electron chi connectivity index (χ1n) is 4.41. The molecular weight excluding hydrogens is 134 g/mol. The lowest BCUT2D eigenvalue weighted by atomic mass is 10.0. The average molecular weight is 151 g/mol. The Morgan fingerprint density at radius 3 is 2.27 bits per heavy atom. The van der Waals surface area contributed by atoms with E-state index in [0.717, 1.165) is 31.3 Å². The summed E-state index contributed by atoms with van der Waals surface area (Å²) < 4.78 is 0. The molecule has 0 rings (SSSR count). The minimum atomic E-state index is 0.525. The van der Waals surface area contributed by atoms with Gasteiger partial charge in [-0.2, -0.15) is 0 Å². The van der Waals surface area contributed by atoms with Crippen molar-refractivity contribution in [1.29, 1.82) is 0 Å². The molecule has 0 radical (unpaired) electrons. The summed E-state index contributed by atoms with van der Waals surface area (Å²) in [6, 6.07) is 0. The second-order valence-corrected chi connectivity index (χ2v) is 2.56. The highest BCUT2D eigenvalue weighted by Crippen LogP contribution is 2.07. The van der Waals surface area contributed by atoms with Gasteiger partial charge in [0.25, 0.3) is 0 Å². The Morgan fingerprint density at radius 2 is 1.91 bits per heavy atom. The molecule has 0 saturated carbocycles. The summed E-state index contributed by atoms with van der Waals surface area (Å²) in [5.41, 5.74) is 1.52. The van der Waals surface area contributed by atoms with E-state index < -0.39 is 0 Å². The fourth-order valence-electron chi connectivity index (χ4n) is 1.03. The Balaban J connectivity index is 4.03. The van der Waals surface area contributed by atoms with Crippen LogP contribution in [0.2, 0.25) is 0 Å². The molecule has 0 saturated heterocycles. The summed E-state index contributed by atoms with van der Waals surface area (Å²) in [6.07, 6.45) is 6.71. The standard InChI is InChI=1S/C10H17N/c1-4-7-9(6-3)10(11)8-5-2/h4-6,8H2,1-3H3. The minimum absolute atomic E-state index is 0.525. The van der Waals surface area contributed by atoms with Gasteiger partial charge in [-0.25, -0.2) is 0 Å². The summed E-state index contributed by atoms with van der Waals surface area (Å²) in [5.74, 6) is 0. The van der Waals surface area contributed by atoms with Gasteiger partial charge in [0.05, 0.1) is 12.5 Å². The van der Waals surface area contributed by atoms with Crippen LogP contribution in [0.1, 0.15) is 46.5 Å². The zero-order valence-electron chi connectivity index (χ0n) is 7.78. The second-order valence-electron chi connectivity index (χ2n) is 2.56. The van der Waals surface area contributed by atoms with Crippen LogP contribution in [0.15, 0.2) is 5.57 Å². The van der Waals surface area contributed by atoms with Gasteiger partial charge >= 0.3 is 0 Å². The van der Waals surface area contributed by atoms with E-state index in [4.69, 9.17) is 0 Å². The molecule has 0 aromatic heterocycles. The summed E-state index contributed by atoms with van der Waals surface area (Å²) in [4.78, 5) is 0. The van der Waals surface area contributed by atoms with Crippen molar-refractivity contribution < 1.29 is 0 Å². The maximum atomic E-state index is 9.46. The number of hydrogen-bond donors (Lipinski definition) is 0. The molecule has 0 spiro atoms. The van der Waals surface area contributed by atoms with Gasteiger partial charge in [-0.15, -0.1) is 0 Å². The molecule has 0 amide bonds. The zero-order chi connectivity index (χ0) is 8.69. The molecule has 0 aliphatic carbocycles. The van der Waals surface area contributed by atoms with Crippen LogP contribution in [0.3, 0.4) is 0 Å². The van der Waals surface area contributed by atoms with E-state index in [1.165, 1.54) is 0 Å². The lowest BCUT2D eigenvalue weighted by Gasteiger charge is -2.01. The summed E-state index contributed by atoms with van der Waals surface area (Å²) >= 11 is 0. The molecule has 0 aromatic rings. The predicted octanol–water partition coefficient (Wildman–Crippen LogP) is 3.35. The quantitative estimate of drug-likeness (QED) is 0.425. The number of rotatable bonds is 5. The highest BCUT2D eigenvalue weighted by atomic mass is 14.4. The summed E-state index contributed by atoms with van der Waals surface area (Å²) in [7, 11) is 0. The fourth-order valence-corrected chi connectivity index (χ4v) is 1.03. The van der Waals surface area contributed by atoms with Gasteiger partial charge in [-0.05, 0) is 19.1 Å². The van der Waals surface area contributed by atoms with E-state index in [2.05, 4.69) is 13.0 Å². The van der Waals surface area contributed by atoms with E-state index in [-0.39, 0.29) is 0 Å². The summed E-state index contributed by atoms with van der Waals surface area (Å²) in [5, 5.41) is 9.46. The van der Waals surface area contributed by atoms with E-state index in [1.54, 1.807) is 0 Å². The van der Waals surface area contributed by atoms with Crippen molar-refractivity contribution in [3.05, 3.63) is 17.1 Å². The minimum Gasteiger partial charge on any atom is -0.700 e. The van der Waals surface area contributed by atoms with Crippen molar-refractivity contribution in [2.75, 3.05) is 0 Å². The van der Waals surface area contributed by atoms with Crippen molar-refractivity contribution in [3.63, 3.8) is 0 Å². The first-order chi connectivity index (χ1) is 5.26. The van der Waals surface area contributed by atoms with Gasteiger partial charge < -0.3 is 5.41 Å². The van der Waals surface area contributed by atoms with Gasteiger partial charge in [-0.3, -0.25) is 0 Å². The molecule has 0 fully saturated rings. The van der Waals surface area contributed by atoms with Crippen LogP contribution in [0.5, 0.6) is 0 Å². The Kier molecular flexibility index (Phi) is 5.68. The Hall–Kier alpha value is -0.680. The topological polar surface area (TPSA) is 22.3 Å². The van der Waals surface area contributed by atoms with Gasteiger partial charge in [-0.1, -0.05) is 13.8 Å². The normalized spacial score (nSPS) is 11.0. The molecule has 0 bridgehead atoms. The maximum Gasteiger partial charge on any atom is 0.149 e. The molecule has 0 aliphatic heterocycles. The molecule has 11 heavy (non-hydrogen) atoms. The van der Waals surface area contributed by atoms with Gasteiger partial charge in [0, 0.05) is 12.8 Å². The second kappa shape index (κ2) is 6.06. The van der Waals surface area contributed by atoms with Crippen LogP contribution in [-0.4, -0.2) is 5.71 Å². The first-order valence-corrected chi connectivity index (χ1v) is 4.41. The van der Waals surface area contributed by atoms with Crippen LogP contribution < -0.4 is 0 Å². The van der Waals surface area contributed by atoms with Gasteiger partial charge in [0.2, 0.25) is 0 Å². The number of hydrogen-bond acceptors (Lipinski definition) is 0. The van der Waals surface area contributed by atoms with Crippen molar-refractivity contribution in [2.24, 2.45) is 0 Å². The monoisotopic (exact) mass is 151 g/mol. The molecule has 0 heterocycles. The lowest BCUT2D eigenvalue weighted by Crippen LogP contribution is -1.99. The fraction of sp³-hybridized carbons (Fsp3) is 0.700. The number of nitrogens with zero attached hydrogens (tertiary/aromatic N) is 1. The SMILES string of the molecule is CC[C+]=C(CC)C(=[N-])CCC. The Morgan fingerprint density at radius 1 is 1.27 bits per heavy atom. The van der Waals surface area contributed by atoms with E-state index in [1.807, 2.05) is 13.8 Å². The van der Waals surface area contributed by atoms with Crippen LogP contribution in [0.25, 0.3) is 5.41 Å².